The molecule has 1 aromatic carbocycles. The molecule has 3 N–H and O–H groups in total. The van der Waals surface area contributed by atoms with Gasteiger partial charge in [0, 0.05) is 33.4 Å². The molecule has 0 unspecified atom stereocenters. The van der Waals surface area contributed by atoms with Crippen molar-refractivity contribution in [2.24, 2.45) is 4.99 Å². The molecule has 0 saturated carbocycles. The molecule has 0 spiro atoms. The first-order valence-electron chi connectivity index (χ1n) is 8.69. The molecule has 0 aliphatic heterocycles. The predicted molar refractivity (Wildman–Crippen MR) is 115 cm³/mol. The summed E-state index contributed by atoms with van der Waals surface area (Å²) in [6, 6.07) is 7.62. The summed E-state index contributed by atoms with van der Waals surface area (Å²) in [4.78, 5) is 16.0. The molecule has 8 heteroatoms. The van der Waals surface area contributed by atoms with Crippen LogP contribution in [0.5, 0.6) is 5.75 Å². The number of benzene rings is 1. The average Bonchev–Trinajstić information content (AvgIpc) is 2.62. The molecule has 0 heterocycles. The van der Waals surface area contributed by atoms with Gasteiger partial charge >= 0.3 is 0 Å². The maximum Gasteiger partial charge on any atom is 0.257 e. The predicted octanol–water partition coefficient (Wildman–Crippen LogP) is 1.91. The average molecular weight is 478 g/mol. The Hall–Kier alpha value is -1.55. The molecule has 0 atom stereocenters. The van der Waals surface area contributed by atoms with Crippen LogP contribution in [0.15, 0.2) is 29.3 Å². The van der Waals surface area contributed by atoms with E-state index >= 15 is 0 Å². The fourth-order valence-corrected chi connectivity index (χ4v) is 2.07. The summed E-state index contributed by atoms with van der Waals surface area (Å²) >= 11 is 0. The molecular formula is C18H31IN4O3. The lowest BCUT2D eigenvalue weighted by Crippen LogP contribution is -2.38. The smallest absolute Gasteiger partial charge is 0.257 e. The number of rotatable bonds is 11. The standard InChI is InChI=1S/C18H30N4O3.HI/c1-4-19-17(23)14-25-16-9-6-8-15(12-16)13-22-18(20-5-2)21-10-7-11-24-3;/h6,8-9,12H,4-5,7,10-11,13-14H2,1-3H3,(H,19,23)(H2,20,21,22);1H. The lowest BCUT2D eigenvalue weighted by Gasteiger charge is -2.11. The Morgan fingerprint density at radius 1 is 1.15 bits per heavy atom. The largest absolute Gasteiger partial charge is 0.484 e. The van der Waals surface area contributed by atoms with Crippen LogP contribution in [0.3, 0.4) is 0 Å². The van der Waals surface area contributed by atoms with Crippen LogP contribution >= 0.6 is 24.0 Å². The second-order valence-electron chi connectivity index (χ2n) is 5.36. The summed E-state index contributed by atoms with van der Waals surface area (Å²) < 4.78 is 10.5. The molecule has 0 bridgehead atoms. The topological polar surface area (TPSA) is 84.0 Å². The van der Waals surface area contributed by atoms with Gasteiger partial charge in [0.2, 0.25) is 0 Å². The number of amides is 1. The second kappa shape index (κ2) is 15.7. The van der Waals surface area contributed by atoms with Gasteiger partial charge in [-0.25, -0.2) is 4.99 Å². The van der Waals surface area contributed by atoms with Gasteiger partial charge < -0.3 is 25.4 Å². The number of halogens is 1. The van der Waals surface area contributed by atoms with Crippen molar-refractivity contribution >= 4 is 35.8 Å². The fraction of sp³-hybridized carbons (Fsp3) is 0.556. The maximum atomic E-state index is 11.5. The third kappa shape index (κ3) is 11.1. The normalized spacial score (nSPS) is 10.7. The maximum absolute atomic E-state index is 11.5. The highest BCUT2D eigenvalue weighted by Gasteiger charge is 2.02. The molecule has 0 aromatic heterocycles. The third-order valence-corrected chi connectivity index (χ3v) is 3.22. The number of carbonyl (C=O) groups is 1. The van der Waals surface area contributed by atoms with Crippen LogP contribution < -0.4 is 20.7 Å². The first kappa shape index (κ1) is 24.5. The zero-order valence-electron chi connectivity index (χ0n) is 15.8. The lowest BCUT2D eigenvalue weighted by atomic mass is 10.2. The van der Waals surface area contributed by atoms with Crippen molar-refractivity contribution in [2.45, 2.75) is 26.8 Å². The molecule has 26 heavy (non-hydrogen) atoms. The van der Waals surface area contributed by atoms with Crippen molar-refractivity contribution in [3.8, 4) is 5.75 Å². The van der Waals surface area contributed by atoms with Gasteiger partial charge in [-0.15, -0.1) is 24.0 Å². The van der Waals surface area contributed by atoms with Crippen LogP contribution in [0, 0.1) is 0 Å². The van der Waals surface area contributed by atoms with Gasteiger partial charge in [-0.3, -0.25) is 4.79 Å². The molecule has 1 aromatic rings. The highest BCUT2D eigenvalue weighted by Crippen LogP contribution is 2.14. The van der Waals surface area contributed by atoms with E-state index in [9.17, 15) is 4.79 Å². The van der Waals surface area contributed by atoms with Crippen LogP contribution in [0.2, 0.25) is 0 Å². The number of likely N-dealkylation sites (N-methyl/N-ethyl adjacent to an activating group) is 1. The zero-order chi connectivity index (χ0) is 18.3. The Morgan fingerprint density at radius 2 is 1.92 bits per heavy atom. The van der Waals surface area contributed by atoms with Crippen molar-refractivity contribution in [2.75, 3.05) is 40.0 Å². The summed E-state index contributed by atoms with van der Waals surface area (Å²) in [5.74, 6) is 1.31. The first-order chi connectivity index (χ1) is 12.2. The number of guanidine groups is 1. The van der Waals surface area contributed by atoms with Gasteiger partial charge in [0.05, 0.1) is 6.54 Å². The van der Waals surface area contributed by atoms with Crippen LogP contribution in [0.25, 0.3) is 0 Å². The fourth-order valence-electron chi connectivity index (χ4n) is 2.07. The van der Waals surface area contributed by atoms with Gasteiger partial charge in [-0.05, 0) is 38.0 Å². The number of hydrogen-bond donors (Lipinski definition) is 3. The molecule has 0 aliphatic rings. The number of methoxy groups -OCH3 is 1. The number of nitrogens with zero attached hydrogens (tertiary/aromatic N) is 1. The molecular weight excluding hydrogens is 447 g/mol. The molecule has 0 aliphatic carbocycles. The van der Waals surface area contributed by atoms with E-state index in [1.54, 1.807) is 7.11 Å². The summed E-state index contributed by atoms with van der Waals surface area (Å²) in [6.45, 7) is 7.37. The number of hydrogen-bond acceptors (Lipinski definition) is 4. The minimum atomic E-state index is -0.124. The first-order valence-corrected chi connectivity index (χ1v) is 8.69. The van der Waals surface area contributed by atoms with Crippen molar-refractivity contribution in [3.63, 3.8) is 0 Å². The van der Waals surface area contributed by atoms with Crippen LogP contribution in [-0.2, 0) is 16.1 Å². The van der Waals surface area contributed by atoms with Crippen molar-refractivity contribution < 1.29 is 14.3 Å². The number of nitrogens with one attached hydrogen (secondary N) is 3. The van der Waals surface area contributed by atoms with Gasteiger partial charge in [-0.1, -0.05) is 12.1 Å². The summed E-state index contributed by atoms with van der Waals surface area (Å²) in [6.07, 6.45) is 0.921. The highest BCUT2D eigenvalue weighted by molar-refractivity contribution is 14.0. The molecule has 0 radical (unpaired) electrons. The van der Waals surface area contributed by atoms with Crippen LogP contribution in [-0.4, -0.2) is 51.8 Å². The van der Waals surface area contributed by atoms with E-state index in [4.69, 9.17) is 9.47 Å². The van der Waals surface area contributed by atoms with E-state index in [2.05, 4.69) is 20.9 Å². The van der Waals surface area contributed by atoms with E-state index in [1.807, 2.05) is 38.1 Å². The highest BCUT2D eigenvalue weighted by atomic mass is 127. The van der Waals surface area contributed by atoms with Crippen LogP contribution in [0.1, 0.15) is 25.8 Å². The summed E-state index contributed by atoms with van der Waals surface area (Å²) in [7, 11) is 1.69. The third-order valence-electron chi connectivity index (χ3n) is 3.22. The van der Waals surface area contributed by atoms with Gasteiger partial charge in [-0.2, -0.15) is 0 Å². The Bertz CT molecular complexity index is 541. The molecule has 7 nitrogen and oxygen atoms in total. The Morgan fingerprint density at radius 3 is 2.62 bits per heavy atom. The minimum absolute atomic E-state index is 0. The Labute approximate surface area is 173 Å². The van der Waals surface area contributed by atoms with E-state index in [1.165, 1.54) is 0 Å². The zero-order valence-corrected chi connectivity index (χ0v) is 18.2. The van der Waals surface area contributed by atoms with Crippen LogP contribution in [0.4, 0.5) is 0 Å². The van der Waals surface area contributed by atoms with Crippen molar-refractivity contribution in [1.29, 1.82) is 0 Å². The Kier molecular flexibility index (Phi) is 14.8. The monoisotopic (exact) mass is 478 g/mol. The minimum Gasteiger partial charge on any atom is -0.484 e. The molecule has 0 saturated heterocycles. The van der Waals surface area contributed by atoms with E-state index < -0.39 is 0 Å². The second-order valence-corrected chi connectivity index (χ2v) is 5.36. The molecule has 1 rings (SSSR count). The quantitative estimate of drug-likeness (QED) is 0.196. The van der Waals surface area contributed by atoms with E-state index in [0.717, 1.165) is 37.6 Å². The number of aliphatic imine (C=N–C) groups is 1. The van der Waals surface area contributed by atoms with Gasteiger partial charge in [0.25, 0.3) is 5.91 Å². The molecule has 1 amide bonds. The molecule has 0 fully saturated rings. The van der Waals surface area contributed by atoms with Gasteiger partial charge in [0.15, 0.2) is 12.6 Å². The summed E-state index contributed by atoms with van der Waals surface area (Å²) in [5, 5.41) is 9.18. The SMILES string of the molecule is CCNC(=O)COc1cccc(CN=C(NCC)NCCCOC)c1.I. The molecule has 148 valence electrons. The van der Waals surface area contributed by atoms with E-state index in [0.29, 0.717) is 18.8 Å². The van der Waals surface area contributed by atoms with E-state index in [-0.39, 0.29) is 36.5 Å². The van der Waals surface area contributed by atoms with Crippen molar-refractivity contribution in [1.82, 2.24) is 16.0 Å². The van der Waals surface area contributed by atoms with Gasteiger partial charge in [0.1, 0.15) is 5.75 Å². The Balaban J connectivity index is 0.00000625. The van der Waals surface area contributed by atoms with Crippen molar-refractivity contribution in [3.05, 3.63) is 29.8 Å². The number of carbonyl (C=O) groups excluding carboxylic acids is 1. The summed E-state index contributed by atoms with van der Waals surface area (Å²) in [5.41, 5.74) is 1.02. The number of ether oxygens (including phenoxy) is 2. The lowest BCUT2D eigenvalue weighted by molar-refractivity contribution is -0.122.